The average Bonchev–Trinajstić information content (AvgIpc) is 3.10. The van der Waals surface area contributed by atoms with Crippen molar-refractivity contribution in [3.8, 4) is 5.75 Å². The molecule has 2 aromatic rings. The molecule has 0 aliphatic carbocycles. The molecule has 3 amide bonds. The van der Waals surface area contributed by atoms with Crippen LogP contribution in [0.4, 0.5) is 10.5 Å². The lowest BCUT2D eigenvalue weighted by molar-refractivity contribution is 0.0715. The van der Waals surface area contributed by atoms with E-state index in [9.17, 15) is 9.59 Å². The smallest absolute Gasteiger partial charge is 0.322 e. The van der Waals surface area contributed by atoms with E-state index in [4.69, 9.17) is 4.74 Å². The molecule has 0 spiro atoms. The van der Waals surface area contributed by atoms with E-state index in [1.54, 1.807) is 22.8 Å². The summed E-state index contributed by atoms with van der Waals surface area (Å²) >= 11 is 0. The van der Waals surface area contributed by atoms with Gasteiger partial charge in [0.05, 0.1) is 19.3 Å². The maximum atomic E-state index is 13.1. The summed E-state index contributed by atoms with van der Waals surface area (Å²) in [5, 5.41) is 7.44. The molecule has 0 atom stereocenters. The molecule has 4 rings (SSSR count). The van der Waals surface area contributed by atoms with Crippen molar-refractivity contribution in [2.24, 2.45) is 7.05 Å². The molecule has 0 radical (unpaired) electrons. The number of nitrogens with one attached hydrogen (secondary N) is 1. The monoisotopic (exact) mass is 397 g/mol. The number of aryl methyl sites for hydroxylation is 1. The summed E-state index contributed by atoms with van der Waals surface area (Å²) in [5.41, 5.74) is 3.01. The van der Waals surface area contributed by atoms with Crippen molar-refractivity contribution in [3.05, 3.63) is 41.2 Å². The number of anilines is 1. The molecule has 1 aromatic heterocycles. The van der Waals surface area contributed by atoms with Gasteiger partial charge in [-0.15, -0.1) is 0 Å². The van der Waals surface area contributed by atoms with Crippen LogP contribution in [0.25, 0.3) is 0 Å². The summed E-state index contributed by atoms with van der Waals surface area (Å²) < 4.78 is 7.11. The van der Waals surface area contributed by atoms with Crippen molar-refractivity contribution < 1.29 is 14.3 Å². The number of hydrogen-bond acceptors (Lipinski definition) is 4. The summed E-state index contributed by atoms with van der Waals surface area (Å²) in [6, 6.07) is 7.11. The minimum absolute atomic E-state index is 0.0199. The van der Waals surface area contributed by atoms with E-state index in [0.717, 1.165) is 37.2 Å². The van der Waals surface area contributed by atoms with Crippen LogP contribution in [0.2, 0.25) is 0 Å². The Hall–Kier alpha value is -3.03. The van der Waals surface area contributed by atoms with E-state index in [0.29, 0.717) is 36.6 Å². The molecule has 1 N–H and O–H groups in total. The number of ether oxygens (including phenoxy) is 1. The van der Waals surface area contributed by atoms with Crippen molar-refractivity contribution >= 4 is 17.6 Å². The predicted octanol–water partition coefficient (Wildman–Crippen LogP) is 2.65. The maximum Gasteiger partial charge on any atom is 0.322 e. The zero-order chi connectivity index (χ0) is 20.4. The fourth-order valence-electron chi connectivity index (χ4n) is 4.13. The molecule has 0 unspecified atom stereocenters. The number of piperidine rings is 1. The lowest BCUT2D eigenvalue weighted by Crippen LogP contribution is -2.40. The van der Waals surface area contributed by atoms with Crippen molar-refractivity contribution in [1.29, 1.82) is 0 Å². The first-order valence-electron chi connectivity index (χ1n) is 10.1. The Morgan fingerprint density at radius 1 is 1.07 bits per heavy atom. The molecule has 2 aliphatic heterocycles. The van der Waals surface area contributed by atoms with E-state index >= 15 is 0 Å². The molecule has 0 bridgehead atoms. The van der Waals surface area contributed by atoms with Gasteiger partial charge in [-0.2, -0.15) is 5.10 Å². The van der Waals surface area contributed by atoms with Crippen LogP contribution < -0.4 is 10.1 Å². The minimum atomic E-state index is -0.208. The number of urea groups is 1. The third kappa shape index (κ3) is 3.79. The molecule has 0 saturated carbocycles. The fraction of sp³-hybridized carbons (Fsp3) is 0.476. The van der Waals surface area contributed by atoms with Crippen molar-refractivity contribution in [1.82, 2.24) is 19.6 Å². The Kier molecular flexibility index (Phi) is 5.42. The van der Waals surface area contributed by atoms with Gasteiger partial charge in [-0.25, -0.2) is 4.79 Å². The molecule has 1 fully saturated rings. The number of methoxy groups -OCH3 is 1. The molecule has 2 aliphatic rings. The first-order chi connectivity index (χ1) is 14.1. The summed E-state index contributed by atoms with van der Waals surface area (Å²) in [5.74, 6) is 0.592. The van der Waals surface area contributed by atoms with Crippen LogP contribution in [0, 0.1) is 0 Å². The summed E-state index contributed by atoms with van der Waals surface area (Å²) in [6.07, 6.45) is 3.91. The first kappa shape index (κ1) is 19.3. The van der Waals surface area contributed by atoms with Gasteiger partial charge in [0.15, 0.2) is 5.69 Å². The number of aromatic nitrogens is 2. The van der Waals surface area contributed by atoms with Gasteiger partial charge in [0.25, 0.3) is 5.91 Å². The number of carbonyl (C=O) groups excluding carboxylic acids is 2. The molecular weight excluding hydrogens is 370 g/mol. The standard InChI is InChI=1S/C21H27N5O3/c1-24-17-10-13-26(21(28)22-16-8-4-5-9-18(16)29-2)14-15(17)19(23-24)20(27)25-11-6-3-7-12-25/h4-5,8-9H,3,6-7,10-14H2,1-2H3,(H,22,28). The Labute approximate surface area is 170 Å². The highest BCUT2D eigenvalue weighted by atomic mass is 16.5. The van der Waals surface area contributed by atoms with Crippen LogP contribution in [0.5, 0.6) is 5.75 Å². The predicted molar refractivity (Wildman–Crippen MR) is 109 cm³/mol. The van der Waals surface area contributed by atoms with E-state index < -0.39 is 0 Å². The molecule has 1 saturated heterocycles. The number of carbonyl (C=O) groups is 2. The van der Waals surface area contributed by atoms with Gasteiger partial charge in [0, 0.05) is 44.4 Å². The number of benzene rings is 1. The SMILES string of the molecule is COc1ccccc1NC(=O)N1CCc2c(c(C(=O)N3CCCCC3)nn2C)C1. The molecular formula is C21H27N5O3. The van der Waals surface area contributed by atoms with Gasteiger partial charge in [0.1, 0.15) is 5.75 Å². The quantitative estimate of drug-likeness (QED) is 0.864. The first-order valence-corrected chi connectivity index (χ1v) is 10.1. The highest BCUT2D eigenvalue weighted by molar-refractivity contribution is 5.95. The third-order valence-corrected chi connectivity index (χ3v) is 5.72. The van der Waals surface area contributed by atoms with Gasteiger partial charge in [-0.1, -0.05) is 12.1 Å². The van der Waals surface area contributed by atoms with Crippen LogP contribution in [0.3, 0.4) is 0 Å². The van der Waals surface area contributed by atoms with Gasteiger partial charge in [0.2, 0.25) is 0 Å². The van der Waals surface area contributed by atoms with Crippen molar-refractivity contribution in [2.45, 2.75) is 32.2 Å². The minimum Gasteiger partial charge on any atom is -0.495 e. The molecule has 3 heterocycles. The zero-order valence-electron chi connectivity index (χ0n) is 17.0. The zero-order valence-corrected chi connectivity index (χ0v) is 17.0. The van der Waals surface area contributed by atoms with Gasteiger partial charge in [-0.05, 0) is 31.4 Å². The van der Waals surface area contributed by atoms with Crippen LogP contribution in [-0.4, -0.2) is 58.3 Å². The number of hydrogen-bond donors (Lipinski definition) is 1. The Balaban J connectivity index is 1.53. The number of likely N-dealkylation sites (tertiary alicyclic amines) is 1. The number of fused-ring (bicyclic) bond motifs is 1. The molecule has 29 heavy (non-hydrogen) atoms. The highest BCUT2D eigenvalue weighted by Gasteiger charge is 2.31. The number of rotatable bonds is 3. The summed E-state index contributed by atoms with van der Waals surface area (Å²) in [6.45, 7) is 2.51. The highest BCUT2D eigenvalue weighted by Crippen LogP contribution is 2.27. The fourth-order valence-corrected chi connectivity index (χ4v) is 4.13. The second kappa shape index (κ2) is 8.14. The normalized spacial score (nSPS) is 16.3. The van der Waals surface area contributed by atoms with Gasteiger partial charge >= 0.3 is 6.03 Å². The topological polar surface area (TPSA) is 79.7 Å². The van der Waals surface area contributed by atoms with Crippen LogP contribution in [0.1, 0.15) is 41.0 Å². The third-order valence-electron chi connectivity index (χ3n) is 5.72. The van der Waals surface area contributed by atoms with Crippen LogP contribution >= 0.6 is 0 Å². The number of nitrogens with zero attached hydrogens (tertiary/aromatic N) is 4. The van der Waals surface area contributed by atoms with E-state index in [-0.39, 0.29) is 11.9 Å². The van der Waals surface area contributed by atoms with Crippen molar-refractivity contribution in [3.63, 3.8) is 0 Å². The maximum absolute atomic E-state index is 13.1. The van der Waals surface area contributed by atoms with Gasteiger partial charge in [-0.3, -0.25) is 9.48 Å². The Bertz CT molecular complexity index is 917. The van der Waals surface area contributed by atoms with Crippen LogP contribution in [0.15, 0.2) is 24.3 Å². The molecule has 1 aromatic carbocycles. The summed E-state index contributed by atoms with van der Waals surface area (Å²) in [7, 11) is 3.45. The summed E-state index contributed by atoms with van der Waals surface area (Å²) in [4.78, 5) is 29.5. The second-order valence-corrected chi connectivity index (χ2v) is 7.55. The van der Waals surface area contributed by atoms with Crippen LogP contribution in [-0.2, 0) is 20.0 Å². The Morgan fingerprint density at radius 2 is 1.83 bits per heavy atom. The lowest BCUT2D eigenvalue weighted by Gasteiger charge is -2.29. The number of amides is 3. The van der Waals surface area contributed by atoms with Crippen molar-refractivity contribution in [2.75, 3.05) is 32.1 Å². The second-order valence-electron chi connectivity index (χ2n) is 7.55. The molecule has 8 nitrogen and oxygen atoms in total. The lowest BCUT2D eigenvalue weighted by atomic mass is 10.0. The molecule has 154 valence electrons. The van der Waals surface area contributed by atoms with E-state index in [1.165, 1.54) is 6.42 Å². The van der Waals surface area contributed by atoms with Gasteiger partial charge < -0.3 is 19.9 Å². The largest absolute Gasteiger partial charge is 0.495 e. The molecule has 8 heteroatoms. The van der Waals surface area contributed by atoms with E-state index in [2.05, 4.69) is 10.4 Å². The van der Waals surface area contributed by atoms with E-state index in [1.807, 2.05) is 30.1 Å². The Morgan fingerprint density at radius 3 is 2.59 bits per heavy atom. The number of para-hydroxylation sites is 2. The average molecular weight is 397 g/mol.